The fourth-order valence-corrected chi connectivity index (χ4v) is 5.97. The summed E-state index contributed by atoms with van der Waals surface area (Å²) < 4.78 is 3.79. The van der Waals surface area contributed by atoms with Crippen molar-refractivity contribution in [1.29, 1.82) is 0 Å². The minimum absolute atomic E-state index is 0.0293. The quantitative estimate of drug-likeness (QED) is 0.194. The van der Waals surface area contributed by atoms with E-state index in [4.69, 9.17) is 5.11 Å². The maximum absolute atomic E-state index is 10.7. The van der Waals surface area contributed by atoms with Crippen molar-refractivity contribution in [2.24, 2.45) is 0 Å². The highest BCUT2D eigenvalue weighted by molar-refractivity contribution is 7.99. The molecule has 7 heteroatoms. The van der Waals surface area contributed by atoms with E-state index < -0.39 is 0 Å². The summed E-state index contributed by atoms with van der Waals surface area (Å²) in [7, 11) is 1.00. The summed E-state index contributed by atoms with van der Waals surface area (Å²) in [5.41, 5.74) is 3.84. The second kappa shape index (κ2) is 13.4. The summed E-state index contributed by atoms with van der Waals surface area (Å²) in [6.07, 6.45) is 6.68. The number of aliphatic hydroxyl groups excluding tert-OH is 1. The monoisotopic (exact) mass is 478 g/mol. The molecule has 0 spiro atoms. The third-order valence-corrected chi connectivity index (χ3v) is 8.01. The van der Waals surface area contributed by atoms with Crippen molar-refractivity contribution >= 4 is 53.1 Å². The average Bonchev–Trinajstić information content (AvgIpc) is 2.96. The topological polar surface area (TPSA) is 52.6 Å². The number of hydrogen-bond acceptors (Lipinski definition) is 7. The van der Waals surface area contributed by atoms with E-state index in [1.807, 2.05) is 0 Å². The number of nitrogens with zero attached hydrogens (tertiary/aromatic N) is 1. The van der Waals surface area contributed by atoms with Gasteiger partial charge in [-0.25, -0.2) is 0 Å². The molecular weight excluding hydrogens is 444 g/mol. The minimum atomic E-state index is 0.0293. The molecule has 1 aliphatic rings. The normalized spacial score (nSPS) is 17.9. The molecule has 1 aliphatic heterocycles. The van der Waals surface area contributed by atoms with Crippen molar-refractivity contribution in [3.05, 3.63) is 48.0 Å². The number of thioether (sulfide) groups is 2. The Kier molecular flexibility index (Phi) is 11.3. The molecule has 2 aromatic carbocycles. The third kappa shape index (κ3) is 7.19. The molecule has 0 amide bonds. The lowest BCUT2D eigenvalue weighted by molar-refractivity contribution is -0.105. The first-order chi connectivity index (χ1) is 15.1. The number of anilines is 2. The number of hydrogen-bond donors (Lipinski definition) is 2. The Labute approximate surface area is 200 Å². The number of aldehydes is 1. The summed E-state index contributed by atoms with van der Waals surface area (Å²) >= 11 is 5.22. The predicted octanol–water partition coefficient (Wildman–Crippen LogP) is 6.15. The second-order valence-corrected chi connectivity index (χ2v) is 10.3. The van der Waals surface area contributed by atoms with Crippen LogP contribution in [0.15, 0.2) is 52.3 Å². The summed E-state index contributed by atoms with van der Waals surface area (Å²) in [4.78, 5) is 15.8. The van der Waals surface area contributed by atoms with Gasteiger partial charge in [-0.2, -0.15) is 0 Å². The van der Waals surface area contributed by atoms with E-state index >= 15 is 0 Å². The predicted molar refractivity (Wildman–Crippen MR) is 139 cm³/mol. The molecule has 0 saturated carbocycles. The maximum atomic E-state index is 10.7. The summed E-state index contributed by atoms with van der Waals surface area (Å²) in [5.74, 6) is 1.41. The van der Waals surface area contributed by atoms with E-state index in [1.165, 1.54) is 39.6 Å². The van der Waals surface area contributed by atoms with Crippen molar-refractivity contribution in [3.8, 4) is 0 Å². The van der Waals surface area contributed by atoms with Gasteiger partial charge in [-0.15, -0.1) is 23.5 Å². The first-order valence-corrected chi connectivity index (χ1v) is 13.7. The van der Waals surface area contributed by atoms with Gasteiger partial charge in [0.1, 0.15) is 6.29 Å². The molecule has 2 aromatic rings. The Morgan fingerprint density at radius 1 is 1.26 bits per heavy atom. The van der Waals surface area contributed by atoms with Crippen LogP contribution in [0.2, 0.25) is 0 Å². The molecule has 0 bridgehead atoms. The van der Waals surface area contributed by atoms with Crippen LogP contribution in [0.4, 0.5) is 11.4 Å². The lowest BCUT2D eigenvalue weighted by Crippen LogP contribution is -2.46. The van der Waals surface area contributed by atoms with E-state index in [0.29, 0.717) is 5.75 Å². The number of para-hydroxylation sites is 1. The van der Waals surface area contributed by atoms with Gasteiger partial charge in [-0.1, -0.05) is 38.0 Å². The van der Waals surface area contributed by atoms with Crippen LogP contribution >= 0.6 is 35.5 Å². The van der Waals surface area contributed by atoms with E-state index in [2.05, 4.69) is 72.2 Å². The van der Waals surface area contributed by atoms with Crippen molar-refractivity contribution < 1.29 is 9.90 Å². The van der Waals surface area contributed by atoms with Crippen LogP contribution in [0.5, 0.6) is 0 Å². The number of benzene rings is 2. The molecule has 1 heterocycles. The zero-order chi connectivity index (χ0) is 22.7. The first-order valence-electron chi connectivity index (χ1n) is 10.5. The number of unbranched alkanes of at least 4 members (excludes halogenated alkanes) is 1. The van der Waals surface area contributed by atoms with Crippen LogP contribution in [0.1, 0.15) is 38.7 Å². The SMILES string of the molecule is CCCCC1(C)CN(c2ccccc2)c2cc(SC)c(CSCC=O)cc2SN1.CO. The van der Waals surface area contributed by atoms with Gasteiger partial charge >= 0.3 is 0 Å². The summed E-state index contributed by atoms with van der Waals surface area (Å²) in [6, 6.07) is 15.4. The second-order valence-electron chi connectivity index (χ2n) is 7.60. The Morgan fingerprint density at radius 2 is 2.00 bits per heavy atom. The van der Waals surface area contributed by atoms with Gasteiger partial charge in [0, 0.05) is 46.2 Å². The highest BCUT2D eigenvalue weighted by Crippen LogP contribution is 2.43. The molecular formula is C24H34N2O2S3. The Balaban J connectivity index is 0.00000166. The zero-order valence-electron chi connectivity index (χ0n) is 18.9. The van der Waals surface area contributed by atoms with Crippen LogP contribution in [0, 0.1) is 0 Å². The Bertz CT molecular complexity index is 820. The van der Waals surface area contributed by atoms with E-state index in [9.17, 15) is 4.79 Å². The van der Waals surface area contributed by atoms with Crippen LogP contribution < -0.4 is 9.62 Å². The van der Waals surface area contributed by atoms with Gasteiger partial charge in [-0.05, 0) is 61.4 Å². The first kappa shape index (κ1) is 26.1. The molecule has 170 valence electrons. The van der Waals surface area contributed by atoms with Crippen molar-refractivity contribution in [2.45, 2.75) is 54.2 Å². The molecule has 0 fully saturated rings. The van der Waals surface area contributed by atoms with Gasteiger partial charge in [0.2, 0.25) is 0 Å². The van der Waals surface area contributed by atoms with Crippen LogP contribution in [0.3, 0.4) is 0 Å². The van der Waals surface area contributed by atoms with E-state index in [-0.39, 0.29) is 5.54 Å². The highest BCUT2D eigenvalue weighted by Gasteiger charge is 2.32. The standard InChI is InChI=1S/C23H30N2OS3.CH4O/c1-4-5-11-23(2)17-25(19-9-7-6-8-10-19)20-15-21(27-3)18(16-28-13-12-26)14-22(20)29-24-23;1-2/h6-10,12,14-15,24H,4-5,11,13,16-17H2,1-3H3;2H,1H3. The van der Waals surface area contributed by atoms with Gasteiger partial charge in [0.05, 0.1) is 5.69 Å². The van der Waals surface area contributed by atoms with Crippen LogP contribution in [0.25, 0.3) is 0 Å². The molecule has 0 radical (unpaired) electrons. The number of nitrogens with one attached hydrogen (secondary N) is 1. The molecule has 0 saturated heterocycles. The average molecular weight is 479 g/mol. The molecule has 1 atom stereocenters. The number of rotatable bonds is 9. The zero-order valence-corrected chi connectivity index (χ0v) is 21.3. The fraction of sp³-hybridized carbons (Fsp3) is 0.458. The molecule has 0 aliphatic carbocycles. The molecule has 1 unspecified atom stereocenters. The number of aliphatic hydroxyl groups is 1. The van der Waals surface area contributed by atoms with Crippen molar-refractivity contribution in [3.63, 3.8) is 0 Å². The molecule has 3 rings (SSSR count). The Morgan fingerprint density at radius 3 is 2.65 bits per heavy atom. The smallest absolute Gasteiger partial charge is 0.129 e. The number of fused-ring (bicyclic) bond motifs is 1. The maximum Gasteiger partial charge on any atom is 0.129 e. The highest BCUT2D eigenvalue weighted by atomic mass is 32.2. The number of carbonyl (C=O) groups is 1. The van der Waals surface area contributed by atoms with E-state index in [1.54, 1.807) is 35.5 Å². The lowest BCUT2D eigenvalue weighted by atomic mass is 9.95. The third-order valence-electron chi connectivity index (χ3n) is 5.16. The van der Waals surface area contributed by atoms with Crippen molar-refractivity contribution in [1.82, 2.24) is 4.72 Å². The fourth-order valence-electron chi connectivity index (χ4n) is 3.58. The molecule has 4 nitrogen and oxygen atoms in total. The molecule has 31 heavy (non-hydrogen) atoms. The van der Waals surface area contributed by atoms with Gasteiger partial charge in [0.15, 0.2) is 0 Å². The van der Waals surface area contributed by atoms with Crippen molar-refractivity contribution in [2.75, 3.05) is 30.6 Å². The number of carbonyl (C=O) groups excluding carboxylic acids is 1. The molecule has 2 N–H and O–H groups in total. The van der Waals surface area contributed by atoms with Gasteiger partial charge in [-0.3, -0.25) is 4.72 Å². The minimum Gasteiger partial charge on any atom is -0.400 e. The van der Waals surface area contributed by atoms with Gasteiger partial charge in [0.25, 0.3) is 0 Å². The Hall–Kier alpha value is -1.12. The van der Waals surface area contributed by atoms with Gasteiger partial charge < -0.3 is 14.8 Å². The summed E-state index contributed by atoms with van der Waals surface area (Å²) in [5, 5.41) is 7.00. The summed E-state index contributed by atoms with van der Waals surface area (Å²) in [6.45, 7) is 5.53. The van der Waals surface area contributed by atoms with Crippen LogP contribution in [-0.4, -0.2) is 42.6 Å². The van der Waals surface area contributed by atoms with E-state index in [0.717, 1.165) is 32.1 Å². The van der Waals surface area contributed by atoms with Crippen LogP contribution in [-0.2, 0) is 10.5 Å². The largest absolute Gasteiger partial charge is 0.400 e. The molecule has 0 aromatic heterocycles. The lowest BCUT2D eigenvalue weighted by Gasteiger charge is -2.34.